The van der Waals surface area contributed by atoms with Gasteiger partial charge >= 0.3 is 0 Å². The maximum absolute atomic E-state index is 13.8. The Balaban J connectivity index is 1.62. The Kier molecular flexibility index (Phi) is 8.90. The summed E-state index contributed by atoms with van der Waals surface area (Å²) in [6, 6.07) is 6.03. The smallest absolute Gasteiger partial charge is 0.239 e. The molecule has 2 aliphatic rings. The summed E-state index contributed by atoms with van der Waals surface area (Å²) in [5.41, 5.74) is -1.16. The first-order valence-electron chi connectivity index (χ1n) is 13.4. The van der Waals surface area contributed by atoms with E-state index in [2.05, 4.69) is 0 Å². The SMILES string of the molecule is COc1cc(-c2oc3cc(OC4OC(C)C(O)C(O)C4O)cc(O)c3c(=O)c2OC2OC(CO)C(O)C(O)C2O)ccc1O. The number of hydrogen-bond donors (Lipinski definition) is 9. The molecule has 16 nitrogen and oxygen atoms in total. The van der Waals surface area contributed by atoms with Gasteiger partial charge in [-0.2, -0.15) is 0 Å². The lowest BCUT2D eigenvalue weighted by Crippen LogP contribution is -2.60. The van der Waals surface area contributed by atoms with E-state index >= 15 is 0 Å². The second-order valence-corrected chi connectivity index (χ2v) is 10.4. The van der Waals surface area contributed by atoms with Crippen LogP contribution in [0.5, 0.6) is 28.7 Å². The number of methoxy groups -OCH3 is 1. The molecule has 44 heavy (non-hydrogen) atoms. The van der Waals surface area contributed by atoms with Crippen LogP contribution in [0, 0.1) is 0 Å². The molecule has 0 radical (unpaired) electrons. The molecule has 2 aliphatic heterocycles. The summed E-state index contributed by atoms with van der Waals surface area (Å²) in [5.74, 6) is -2.08. The van der Waals surface area contributed by atoms with Crippen LogP contribution in [0.2, 0.25) is 0 Å². The minimum Gasteiger partial charge on any atom is -0.507 e. The zero-order valence-electron chi connectivity index (χ0n) is 23.3. The van der Waals surface area contributed by atoms with E-state index < -0.39 is 90.3 Å². The zero-order valence-corrected chi connectivity index (χ0v) is 23.3. The molecule has 10 unspecified atom stereocenters. The Morgan fingerprint density at radius 2 is 1.45 bits per heavy atom. The monoisotopic (exact) mass is 624 g/mol. The summed E-state index contributed by atoms with van der Waals surface area (Å²) in [4.78, 5) is 13.8. The lowest BCUT2D eigenvalue weighted by molar-refractivity contribution is -0.277. The van der Waals surface area contributed by atoms with E-state index in [1.165, 1.54) is 38.3 Å². The second kappa shape index (κ2) is 12.4. The van der Waals surface area contributed by atoms with Gasteiger partial charge in [-0.25, -0.2) is 0 Å². The van der Waals surface area contributed by atoms with E-state index in [9.17, 15) is 50.8 Å². The first kappa shape index (κ1) is 31.7. The molecule has 16 heteroatoms. The number of aromatic hydroxyl groups is 2. The summed E-state index contributed by atoms with van der Waals surface area (Å²) >= 11 is 0. The molecule has 10 atom stereocenters. The van der Waals surface area contributed by atoms with E-state index in [0.29, 0.717) is 0 Å². The average molecular weight is 625 g/mol. The highest BCUT2D eigenvalue weighted by molar-refractivity contribution is 5.88. The van der Waals surface area contributed by atoms with Crippen molar-refractivity contribution >= 4 is 11.0 Å². The summed E-state index contributed by atoms with van der Waals surface area (Å²) in [6.45, 7) is 0.680. The van der Waals surface area contributed by atoms with Gasteiger partial charge in [0.05, 0.1) is 19.8 Å². The third-order valence-electron chi connectivity index (χ3n) is 7.49. The standard InChI is InChI=1S/C28H32O16/c1-9-18(32)21(35)23(37)27(40-9)41-11-6-13(31)17-15(7-11)42-25(10-3-4-12(30)14(5-10)39-2)26(20(17)34)44-28-24(38)22(36)19(33)16(8-29)43-28/h3-7,9,16,18-19,21-24,27-33,35-38H,8H2,1-2H3. The Labute approximate surface area is 248 Å². The number of aliphatic hydroxyl groups is 7. The first-order valence-corrected chi connectivity index (χ1v) is 13.4. The van der Waals surface area contributed by atoms with Crippen molar-refractivity contribution in [2.24, 2.45) is 0 Å². The molecule has 5 rings (SSSR count). The third-order valence-corrected chi connectivity index (χ3v) is 7.49. The summed E-state index contributed by atoms with van der Waals surface area (Å²) in [5, 5.41) is 91.4. The van der Waals surface area contributed by atoms with Crippen LogP contribution >= 0.6 is 0 Å². The van der Waals surface area contributed by atoms with Crippen molar-refractivity contribution in [1.82, 2.24) is 0 Å². The number of fused-ring (bicyclic) bond motifs is 1. The highest BCUT2D eigenvalue weighted by atomic mass is 16.7. The number of benzene rings is 2. The lowest BCUT2D eigenvalue weighted by atomic mass is 9.99. The van der Waals surface area contributed by atoms with Gasteiger partial charge in [0.1, 0.15) is 65.2 Å². The molecule has 3 heterocycles. The lowest BCUT2D eigenvalue weighted by Gasteiger charge is -2.39. The molecule has 2 aromatic carbocycles. The topological polar surface area (TPSA) is 258 Å². The van der Waals surface area contributed by atoms with Crippen LogP contribution in [-0.4, -0.2) is 121 Å². The van der Waals surface area contributed by atoms with Gasteiger partial charge < -0.3 is 74.1 Å². The van der Waals surface area contributed by atoms with Gasteiger partial charge in [-0.05, 0) is 25.1 Å². The average Bonchev–Trinajstić information content (AvgIpc) is 3.00. The fourth-order valence-electron chi connectivity index (χ4n) is 4.97. The van der Waals surface area contributed by atoms with Crippen molar-refractivity contribution in [2.45, 2.75) is 68.3 Å². The van der Waals surface area contributed by atoms with Crippen molar-refractivity contribution in [1.29, 1.82) is 0 Å². The van der Waals surface area contributed by atoms with Gasteiger partial charge in [-0.1, -0.05) is 0 Å². The molecular weight excluding hydrogens is 592 g/mol. The molecule has 2 saturated heterocycles. The number of aliphatic hydroxyl groups excluding tert-OH is 7. The van der Waals surface area contributed by atoms with E-state index in [0.717, 1.165) is 6.07 Å². The Morgan fingerprint density at radius 3 is 2.11 bits per heavy atom. The maximum Gasteiger partial charge on any atom is 0.239 e. The Morgan fingerprint density at radius 1 is 0.795 bits per heavy atom. The summed E-state index contributed by atoms with van der Waals surface area (Å²) in [6.07, 6.45) is -15.7. The quantitative estimate of drug-likeness (QED) is 0.141. The fraction of sp³-hybridized carbons (Fsp3) is 0.464. The zero-order chi connectivity index (χ0) is 32.0. The normalized spacial score (nSPS) is 32.4. The van der Waals surface area contributed by atoms with Crippen molar-refractivity contribution in [3.8, 4) is 40.1 Å². The van der Waals surface area contributed by atoms with Crippen LogP contribution in [0.15, 0.2) is 39.5 Å². The summed E-state index contributed by atoms with van der Waals surface area (Å²) < 4.78 is 33.3. The first-order chi connectivity index (χ1) is 20.9. The number of ether oxygens (including phenoxy) is 5. The minimum atomic E-state index is -1.90. The molecular formula is C28H32O16. The molecule has 0 bridgehead atoms. The van der Waals surface area contributed by atoms with Crippen LogP contribution in [0.1, 0.15) is 6.92 Å². The number of hydrogen-bond acceptors (Lipinski definition) is 16. The largest absolute Gasteiger partial charge is 0.507 e. The van der Waals surface area contributed by atoms with Crippen molar-refractivity contribution in [3.05, 3.63) is 40.6 Å². The molecule has 1 aromatic heterocycles. The van der Waals surface area contributed by atoms with E-state index in [4.69, 9.17) is 28.1 Å². The minimum absolute atomic E-state index is 0.0257. The highest BCUT2D eigenvalue weighted by Crippen LogP contribution is 2.40. The molecule has 0 amide bonds. The predicted molar refractivity (Wildman–Crippen MR) is 145 cm³/mol. The van der Waals surface area contributed by atoms with Crippen molar-refractivity contribution in [2.75, 3.05) is 13.7 Å². The van der Waals surface area contributed by atoms with Crippen LogP contribution in [0.3, 0.4) is 0 Å². The van der Waals surface area contributed by atoms with Crippen LogP contribution < -0.4 is 19.6 Å². The number of rotatable bonds is 7. The van der Waals surface area contributed by atoms with Gasteiger partial charge in [-0.3, -0.25) is 4.79 Å². The van der Waals surface area contributed by atoms with Crippen molar-refractivity contribution in [3.63, 3.8) is 0 Å². The van der Waals surface area contributed by atoms with Gasteiger partial charge in [0.15, 0.2) is 17.3 Å². The van der Waals surface area contributed by atoms with Gasteiger partial charge in [-0.15, -0.1) is 0 Å². The van der Waals surface area contributed by atoms with Crippen LogP contribution in [-0.2, 0) is 9.47 Å². The predicted octanol–water partition coefficient (Wildman–Crippen LogP) is -1.74. The molecule has 3 aromatic rings. The summed E-state index contributed by atoms with van der Waals surface area (Å²) in [7, 11) is 1.28. The Bertz CT molecular complexity index is 1550. The second-order valence-electron chi connectivity index (χ2n) is 10.4. The maximum atomic E-state index is 13.8. The molecule has 9 N–H and O–H groups in total. The fourth-order valence-corrected chi connectivity index (χ4v) is 4.97. The van der Waals surface area contributed by atoms with Gasteiger partial charge in [0.25, 0.3) is 0 Å². The molecule has 0 saturated carbocycles. The van der Waals surface area contributed by atoms with Crippen LogP contribution in [0.25, 0.3) is 22.3 Å². The Hall–Kier alpha value is -3.71. The third kappa shape index (κ3) is 5.63. The van der Waals surface area contributed by atoms with Crippen LogP contribution in [0.4, 0.5) is 0 Å². The van der Waals surface area contributed by atoms with E-state index in [-0.39, 0.29) is 34.2 Å². The molecule has 240 valence electrons. The number of phenols is 2. The molecule has 0 spiro atoms. The number of phenolic OH excluding ortho intramolecular Hbond substituents is 2. The van der Waals surface area contributed by atoms with E-state index in [1.54, 1.807) is 0 Å². The molecule has 0 aliphatic carbocycles. The highest BCUT2D eigenvalue weighted by Gasteiger charge is 2.46. The van der Waals surface area contributed by atoms with Crippen molar-refractivity contribution < 1.29 is 74.1 Å². The molecule has 2 fully saturated rings. The van der Waals surface area contributed by atoms with E-state index in [1.807, 2.05) is 0 Å². The van der Waals surface area contributed by atoms with Gasteiger partial charge in [0.2, 0.25) is 23.8 Å². The van der Waals surface area contributed by atoms with Gasteiger partial charge in [0, 0.05) is 17.7 Å².